The van der Waals surface area contributed by atoms with Crippen LogP contribution in [-0.2, 0) is 19.6 Å². The van der Waals surface area contributed by atoms with Crippen molar-refractivity contribution in [3.63, 3.8) is 0 Å². The van der Waals surface area contributed by atoms with Gasteiger partial charge in [0.15, 0.2) is 0 Å². The smallest absolute Gasteiger partial charge is 0.223 e. The number of benzene rings is 1. The molecule has 3 heterocycles. The predicted molar refractivity (Wildman–Crippen MR) is 116 cm³/mol. The number of piperidine rings is 1. The van der Waals surface area contributed by atoms with Crippen molar-refractivity contribution in [2.24, 2.45) is 5.92 Å². The number of ether oxygens (including phenoxy) is 1. The Balaban J connectivity index is 1.49. The van der Waals surface area contributed by atoms with E-state index in [4.69, 9.17) is 4.74 Å². The molecule has 170 valence electrons. The van der Waals surface area contributed by atoms with Crippen molar-refractivity contribution in [2.75, 3.05) is 32.9 Å². The topological polar surface area (TPSA) is 96.0 Å². The highest BCUT2D eigenvalue weighted by molar-refractivity contribution is 7.88. The van der Waals surface area contributed by atoms with Crippen LogP contribution in [-0.4, -0.2) is 68.0 Å². The van der Waals surface area contributed by atoms with Gasteiger partial charge in [0.2, 0.25) is 21.8 Å². The number of fused-ring (bicyclic) bond motifs is 1. The van der Waals surface area contributed by atoms with Gasteiger partial charge >= 0.3 is 0 Å². The average Bonchev–Trinajstić information content (AvgIpc) is 2.87. The number of hydrogen-bond acceptors (Lipinski definition) is 5. The third-order valence-corrected chi connectivity index (χ3v) is 8.23. The van der Waals surface area contributed by atoms with E-state index in [1.54, 1.807) is 4.90 Å². The van der Waals surface area contributed by atoms with E-state index in [-0.39, 0.29) is 23.8 Å². The first-order valence-electron chi connectivity index (χ1n) is 10.9. The summed E-state index contributed by atoms with van der Waals surface area (Å²) in [6, 6.07) is 7.58. The zero-order valence-corrected chi connectivity index (χ0v) is 19.0. The first kappa shape index (κ1) is 22.1. The molecule has 2 amide bonds. The Kier molecular flexibility index (Phi) is 6.00. The van der Waals surface area contributed by atoms with Crippen molar-refractivity contribution in [3.05, 3.63) is 29.8 Å². The summed E-state index contributed by atoms with van der Waals surface area (Å²) in [4.78, 5) is 27.0. The van der Waals surface area contributed by atoms with Crippen molar-refractivity contribution in [1.29, 1.82) is 0 Å². The molecular formula is C22H31N3O5S. The highest BCUT2D eigenvalue weighted by atomic mass is 32.2. The molecule has 9 heteroatoms. The standard InChI is InChI=1S/C22H31N3O5S/c1-24-14-11-22(10-7-20(24)26)15-18(17-5-3-4-6-19(17)30-22)23-21(27)16-8-12-25(13-9-16)31(2,28)29/h3-6,16,18H,7-15H2,1-2H3,(H,23,27)/t18-,22-/m1/s1. The Bertz CT molecular complexity index is 958. The second kappa shape index (κ2) is 8.43. The first-order chi connectivity index (χ1) is 14.7. The van der Waals surface area contributed by atoms with Crippen LogP contribution in [0.3, 0.4) is 0 Å². The number of nitrogens with one attached hydrogen (secondary N) is 1. The fraction of sp³-hybridized carbons (Fsp3) is 0.636. The number of amides is 2. The summed E-state index contributed by atoms with van der Waals surface area (Å²) in [6.07, 6.45) is 4.66. The molecule has 2 atom stereocenters. The van der Waals surface area contributed by atoms with Crippen LogP contribution in [0.5, 0.6) is 5.75 Å². The molecule has 3 aliphatic heterocycles. The van der Waals surface area contributed by atoms with Gasteiger partial charge in [0.1, 0.15) is 11.4 Å². The van der Waals surface area contributed by atoms with Crippen LogP contribution in [0.25, 0.3) is 0 Å². The highest BCUT2D eigenvalue weighted by Crippen LogP contribution is 2.44. The van der Waals surface area contributed by atoms with Gasteiger partial charge in [-0.1, -0.05) is 18.2 Å². The Hall–Kier alpha value is -2.13. The van der Waals surface area contributed by atoms with Crippen molar-refractivity contribution in [3.8, 4) is 5.75 Å². The van der Waals surface area contributed by atoms with Crippen molar-refractivity contribution >= 4 is 21.8 Å². The second-order valence-electron chi connectivity index (χ2n) is 9.09. The van der Waals surface area contributed by atoms with Gasteiger partial charge in [-0.15, -0.1) is 0 Å². The highest BCUT2D eigenvalue weighted by Gasteiger charge is 2.44. The van der Waals surface area contributed by atoms with E-state index < -0.39 is 15.6 Å². The molecule has 0 bridgehead atoms. The van der Waals surface area contributed by atoms with Gasteiger partial charge in [0.05, 0.1) is 12.3 Å². The van der Waals surface area contributed by atoms with Crippen molar-refractivity contribution in [1.82, 2.24) is 14.5 Å². The number of sulfonamides is 1. The number of hydrogen-bond donors (Lipinski definition) is 1. The van der Waals surface area contributed by atoms with Crippen LogP contribution >= 0.6 is 0 Å². The van der Waals surface area contributed by atoms with Crippen molar-refractivity contribution < 1.29 is 22.7 Å². The maximum absolute atomic E-state index is 13.1. The molecular weight excluding hydrogens is 418 g/mol. The Labute approximate surface area is 184 Å². The van der Waals surface area contributed by atoms with E-state index in [9.17, 15) is 18.0 Å². The molecule has 0 aliphatic carbocycles. The van der Waals surface area contributed by atoms with Crippen LogP contribution in [0.2, 0.25) is 0 Å². The minimum absolute atomic E-state index is 0.0354. The lowest BCUT2D eigenvalue weighted by atomic mass is 9.82. The van der Waals surface area contributed by atoms with E-state index in [0.29, 0.717) is 51.7 Å². The van der Waals surface area contributed by atoms with Gasteiger partial charge in [0, 0.05) is 57.4 Å². The van der Waals surface area contributed by atoms with Crippen LogP contribution in [0, 0.1) is 5.92 Å². The molecule has 2 saturated heterocycles. The van der Waals surface area contributed by atoms with E-state index in [1.165, 1.54) is 10.6 Å². The minimum Gasteiger partial charge on any atom is -0.487 e. The lowest BCUT2D eigenvalue weighted by Gasteiger charge is -2.42. The van der Waals surface area contributed by atoms with E-state index in [1.807, 2.05) is 31.3 Å². The normalized spacial score (nSPS) is 28.0. The zero-order valence-electron chi connectivity index (χ0n) is 18.2. The van der Waals surface area contributed by atoms with Crippen LogP contribution in [0.4, 0.5) is 0 Å². The van der Waals surface area contributed by atoms with Crippen LogP contribution < -0.4 is 10.1 Å². The van der Waals surface area contributed by atoms with Gasteiger partial charge in [-0.3, -0.25) is 9.59 Å². The summed E-state index contributed by atoms with van der Waals surface area (Å²) in [5.41, 5.74) is 0.478. The molecule has 4 rings (SSSR count). The van der Waals surface area contributed by atoms with Crippen LogP contribution in [0.1, 0.15) is 50.1 Å². The molecule has 0 saturated carbocycles. The number of rotatable bonds is 3. The molecule has 2 fully saturated rings. The summed E-state index contributed by atoms with van der Waals surface area (Å²) >= 11 is 0. The average molecular weight is 450 g/mol. The molecule has 0 aromatic heterocycles. The first-order valence-corrected chi connectivity index (χ1v) is 12.8. The maximum Gasteiger partial charge on any atom is 0.223 e. The van der Waals surface area contributed by atoms with Gasteiger partial charge in [-0.25, -0.2) is 12.7 Å². The van der Waals surface area contributed by atoms with E-state index >= 15 is 0 Å². The maximum atomic E-state index is 13.1. The molecule has 1 spiro atoms. The quantitative estimate of drug-likeness (QED) is 0.758. The Morgan fingerprint density at radius 3 is 2.58 bits per heavy atom. The lowest BCUT2D eigenvalue weighted by Crippen LogP contribution is -2.48. The van der Waals surface area contributed by atoms with Crippen LogP contribution in [0.15, 0.2) is 24.3 Å². The summed E-state index contributed by atoms with van der Waals surface area (Å²) in [5.74, 6) is 0.651. The number of nitrogens with zero attached hydrogens (tertiary/aromatic N) is 2. The predicted octanol–water partition coefficient (Wildman–Crippen LogP) is 1.68. The summed E-state index contributed by atoms with van der Waals surface area (Å²) in [5, 5.41) is 3.23. The summed E-state index contributed by atoms with van der Waals surface area (Å²) in [6.45, 7) is 1.38. The summed E-state index contributed by atoms with van der Waals surface area (Å²) < 4.78 is 31.4. The van der Waals surface area contributed by atoms with Gasteiger partial charge in [-0.2, -0.15) is 0 Å². The molecule has 3 aliphatic rings. The minimum atomic E-state index is -3.22. The second-order valence-corrected chi connectivity index (χ2v) is 11.1. The van der Waals surface area contributed by atoms with E-state index in [0.717, 1.165) is 17.7 Å². The van der Waals surface area contributed by atoms with Gasteiger partial charge in [0.25, 0.3) is 0 Å². The lowest BCUT2D eigenvalue weighted by molar-refractivity contribution is -0.130. The zero-order chi connectivity index (χ0) is 22.2. The molecule has 0 radical (unpaired) electrons. The van der Waals surface area contributed by atoms with Gasteiger partial charge < -0.3 is 15.0 Å². The number of carbonyl (C=O) groups is 2. The fourth-order valence-corrected chi connectivity index (χ4v) is 5.81. The third-order valence-electron chi connectivity index (χ3n) is 6.93. The summed E-state index contributed by atoms with van der Waals surface area (Å²) in [7, 11) is -1.40. The Morgan fingerprint density at radius 2 is 1.87 bits per heavy atom. The Morgan fingerprint density at radius 1 is 1.16 bits per heavy atom. The van der Waals surface area contributed by atoms with Crippen molar-refractivity contribution in [2.45, 2.75) is 50.2 Å². The van der Waals surface area contributed by atoms with Gasteiger partial charge in [-0.05, 0) is 25.3 Å². The van der Waals surface area contributed by atoms with E-state index in [2.05, 4.69) is 5.32 Å². The number of para-hydroxylation sites is 1. The molecule has 31 heavy (non-hydrogen) atoms. The fourth-order valence-electron chi connectivity index (χ4n) is 4.94. The molecule has 1 N–H and O–H groups in total. The third kappa shape index (κ3) is 4.72. The molecule has 1 aromatic carbocycles. The molecule has 0 unspecified atom stereocenters. The molecule has 1 aromatic rings. The number of likely N-dealkylation sites (tertiary alicyclic amines) is 1. The molecule has 8 nitrogen and oxygen atoms in total. The SMILES string of the molecule is CN1CC[C@]2(CCC1=O)C[C@@H](NC(=O)C1CCN(S(C)(=O)=O)CC1)c1ccccc1O2. The monoisotopic (exact) mass is 449 g/mol. The number of carbonyl (C=O) groups excluding carboxylic acids is 2. The largest absolute Gasteiger partial charge is 0.487 e.